The Bertz CT molecular complexity index is 1100. The highest BCUT2D eigenvalue weighted by molar-refractivity contribution is 7.83. The number of hydrogen-bond donors (Lipinski definition) is 0. The van der Waals surface area contributed by atoms with E-state index in [0.717, 1.165) is 16.7 Å². The molecule has 3 aromatic carbocycles. The molecule has 1 unspecified atom stereocenters. The van der Waals surface area contributed by atoms with Crippen LogP contribution >= 0.6 is 7.82 Å². The quantitative estimate of drug-likeness (QED) is 0.216. The molecule has 0 saturated carbocycles. The first-order valence-corrected chi connectivity index (χ1v) is 14.8. The van der Waals surface area contributed by atoms with E-state index >= 15 is 0 Å². The van der Waals surface area contributed by atoms with Gasteiger partial charge in [0, 0.05) is 0 Å². The molecule has 6 atom stereocenters. The summed E-state index contributed by atoms with van der Waals surface area (Å²) in [7, 11) is 1.98. The largest absolute Gasteiger partial charge is 0.647 e. The fourth-order valence-corrected chi connectivity index (χ4v) is 5.51. The number of hydrogen-bond acceptors (Lipinski definition) is 7. The lowest BCUT2D eigenvalue weighted by Crippen LogP contribution is -2.60. The summed E-state index contributed by atoms with van der Waals surface area (Å²) in [5.74, 6) is 0. The summed E-state index contributed by atoms with van der Waals surface area (Å²) in [5, 5.41) is 0. The standard InChI is InChI=1S/C30H36BO7P/c1-22(2)37-39(31,32)38-30-29(35-21-26-17-11-6-12-18-26)28(34-20-25-15-9-5-10-16-25)27(23(3)36-30)33-19-24-13-7-4-8-14-24/h4-18,22-23,27-30H,19-21H2,1-3H3/t23-,27-,28+,29+,30-,39?/m0/s1. The lowest BCUT2D eigenvalue weighted by Gasteiger charge is -2.45. The van der Waals surface area contributed by atoms with Crippen molar-refractivity contribution < 1.29 is 32.9 Å². The zero-order valence-electron chi connectivity index (χ0n) is 22.6. The summed E-state index contributed by atoms with van der Waals surface area (Å²) < 4.78 is 36.6. The SMILES string of the molecule is [B][P+]([O-])(OC(C)C)O[C@@H]1O[C@@H](C)[C@H](OCc2ccccc2)[C@@H](OCc2ccccc2)[C@H]1OCc1ccccc1. The molecule has 0 aliphatic carbocycles. The maximum atomic E-state index is 13.0. The van der Waals surface area contributed by atoms with E-state index in [4.69, 9.17) is 35.6 Å². The van der Waals surface area contributed by atoms with Gasteiger partial charge in [0.15, 0.2) is 7.82 Å². The van der Waals surface area contributed by atoms with Crippen LogP contribution in [-0.2, 0) is 47.8 Å². The minimum Gasteiger partial charge on any atom is -0.647 e. The van der Waals surface area contributed by atoms with Crippen LogP contribution in [0.4, 0.5) is 0 Å². The molecule has 39 heavy (non-hydrogen) atoms. The van der Waals surface area contributed by atoms with Gasteiger partial charge in [-0.3, -0.25) is 0 Å². The molecule has 0 aromatic heterocycles. The van der Waals surface area contributed by atoms with Gasteiger partial charge in [0.05, 0.1) is 32.0 Å². The van der Waals surface area contributed by atoms with Gasteiger partial charge in [0.2, 0.25) is 6.29 Å². The molecule has 0 amide bonds. The molecule has 0 N–H and O–H groups in total. The van der Waals surface area contributed by atoms with Crippen LogP contribution in [0.1, 0.15) is 37.5 Å². The Morgan fingerprint density at radius 2 is 1.13 bits per heavy atom. The van der Waals surface area contributed by atoms with Crippen LogP contribution in [0, 0.1) is 0 Å². The van der Waals surface area contributed by atoms with Gasteiger partial charge < -0.3 is 23.8 Å². The van der Waals surface area contributed by atoms with Gasteiger partial charge >= 0.3 is 7.57 Å². The fourth-order valence-electron chi connectivity index (χ4n) is 4.42. The van der Waals surface area contributed by atoms with E-state index in [9.17, 15) is 4.89 Å². The van der Waals surface area contributed by atoms with E-state index in [1.807, 2.05) is 97.9 Å². The van der Waals surface area contributed by atoms with Crippen molar-refractivity contribution in [1.29, 1.82) is 0 Å². The summed E-state index contributed by atoms with van der Waals surface area (Å²) in [5.41, 5.74) is 2.96. The van der Waals surface area contributed by atoms with Crippen molar-refractivity contribution in [3.8, 4) is 0 Å². The predicted molar refractivity (Wildman–Crippen MR) is 149 cm³/mol. The Morgan fingerprint density at radius 3 is 1.56 bits per heavy atom. The van der Waals surface area contributed by atoms with Gasteiger partial charge in [-0.25, -0.2) is 4.52 Å². The monoisotopic (exact) mass is 550 g/mol. The van der Waals surface area contributed by atoms with Crippen molar-refractivity contribution in [2.45, 2.75) is 77.4 Å². The van der Waals surface area contributed by atoms with Gasteiger partial charge in [-0.1, -0.05) is 91.0 Å². The number of ether oxygens (including phenoxy) is 4. The van der Waals surface area contributed by atoms with Crippen molar-refractivity contribution in [2.75, 3.05) is 0 Å². The molecule has 206 valence electrons. The molecule has 3 aromatic rings. The van der Waals surface area contributed by atoms with E-state index < -0.39 is 44.6 Å². The first-order chi connectivity index (χ1) is 18.8. The first-order valence-electron chi connectivity index (χ1n) is 13.2. The lowest BCUT2D eigenvalue weighted by molar-refractivity contribution is -0.316. The topological polar surface area (TPSA) is 78.4 Å². The first kappa shape index (κ1) is 29.8. The van der Waals surface area contributed by atoms with Crippen molar-refractivity contribution in [1.82, 2.24) is 0 Å². The molecule has 0 bridgehead atoms. The molecule has 9 heteroatoms. The van der Waals surface area contributed by atoms with Crippen LogP contribution in [0.2, 0.25) is 0 Å². The van der Waals surface area contributed by atoms with Crippen molar-refractivity contribution in [3.05, 3.63) is 108 Å². The molecular formula is C30H36BO7P. The Morgan fingerprint density at radius 1 is 0.718 bits per heavy atom. The lowest BCUT2D eigenvalue weighted by atomic mass is 9.98. The van der Waals surface area contributed by atoms with Crippen LogP contribution in [0.15, 0.2) is 91.0 Å². The van der Waals surface area contributed by atoms with Gasteiger partial charge in [-0.2, -0.15) is 4.52 Å². The van der Waals surface area contributed by atoms with Crippen LogP contribution in [0.3, 0.4) is 0 Å². The maximum absolute atomic E-state index is 13.0. The summed E-state index contributed by atoms with van der Waals surface area (Å²) >= 11 is 0. The molecule has 7 nitrogen and oxygen atoms in total. The smallest absolute Gasteiger partial charge is 0.437 e. The highest BCUT2D eigenvalue weighted by Gasteiger charge is 2.50. The van der Waals surface area contributed by atoms with Crippen LogP contribution in [0.5, 0.6) is 0 Å². The number of rotatable bonds is 13. The zero-order valence-corrected chi connectivity index (χ0v) is 23.5. The Kier molecular flexibility index (Phi) is 11.1. The molecule has 1 saturated heterocycles. The molecule has 0 spiro atoms. The Hall–Kier alpha value is -2.13. The molecular weight excluding hydrogens is 514 g/mol. The second kappa shape index (κ2) is 14.5. The van der Waals surface area contributed by atoms with Crippen LogP contribution in [-0.4, -0.2) is 44.4 Å². The highest BCUT2D eigenvalue weighted by atomic mass is 31.2. The van der Waals surface area contributed by atoms with Crippen molar-refractivity contribution >= 4 is 15.4 Å². The Labute approximate surface area is 233 Å². The predicted octanol–water partition coefficient (Wildman–Crippen LogP) is 5.14. The van der Waals surface area contributed by atoms with E-state index in [0.29, 0.717) is 13.2 Å². The molecule has 1 heterocycles. The summed E-state index contributed by atoms with van der Waals surface area (Å²) in [6.07, 6.45) is -3.98. The molecule has 4 rings (SSSR count). The summed E-state index contributed by atoms with van der Waals surface area (Å²) in [6, 6.07) is 29.5. The van der Waals surface area contributed by atoms with Gasteiger partial charge in [0.25, 0.3) is 0 Å². The third-order valence-corrected chi connectivity index (χ3v) is 7.41. The maximum Gasteiger partial charge on any atom is 0.437 e. The number of benzene rings is 3. The average Bonchev–Trinajstić information content (AvgIpc) is 2.91. The zero-order chi connectivity index (χ0) is 27.7. The van der Waals surface area contributed by atoms with Crippen molar-refractivity contribution in [3.63, 3.8) is 0 Å². The van der Waals surface area contributed by atoms with E-state index in [1.165, 1.54) is 0 Å². The van der Waals surface area contributed by atoms with Gasteiger partial charge in [-0.05, 0) is 37.5 Å². The molecule has 1 fully saturated rings. The van der Waals surface area contributed by atoms with Gasteiger partial charge in [-0.15, -0.1) is 0 Å². The highest BCUT2D eigenvalue weighted by Crippen LogP contribution is 2.51. The molecule has 2 radical (unpaired) electrons. The molecule has 1 aliphatic heterocycles. The third-order valence-electron chi connectivity index (χ3n) is 6.19. The fraction of sp³-hybridized carbons (Fsp3) is 0.400. The normalized spacial score (nSPS) is 24.9. The van der Waals surface area contributed by atoms with Crippen LogP contribution in [0.25, 0.3) is 0 Å². The third kappa shape index (κ3) is 9.20. The van der Waals surface area contributed by atoms with Crippen LogP contribution < -0.4 is 4.89 Å². The Balaban J connectivity index is 1.61. The van der Waals surface area contributed by atoms with E-state index in [2.05, 4.69) is 0 Å². The second-order valence-electron chi connectivity index (χ2n) is 9.79. The minimum absolute atomic E-state index is 0.250. The van der Waals surface area contributed by atoms with Gasteiger partial charge in [0.1, 0.15) is 18.3 Å². The second-order valence-corrected chi connectivity index (χ2v) is 11.3. The minimum atomic E-state index is -3.96. The summed E-state index contributed by atoms with van der Waals surface area (Å²) in [6.45, 7) is 6.24. The molecule has 1 aliphatic rings. The van der Waals surface area contributed by atoms with E-state index in [-0.39, 0.29) is 6.61 Å². The van der Waals surface area contributed by atoms with E-state index in [1.54, 1.807) is 13.8 Å². The average molecular weight is 550 g/mol. The van der Waals surface area contributed by atoms with Crippen molar-refractivity contribution in [2.24, 2.45) is 0 Å². The summed E-state index contributed by atoms with van der Waals surface area (Å²) in [4.78, 5) is 13.0.